The predicted octanol–water partition coefficient (Wildman–Crippen LogP) is 3.54. The van der Waals surface area contributed by atoms with Crippen molar-refractivity contribution >= 4 is 17.6 Å². The molecule has 2 saturated carbocycles. The van der Waals surface area contributed by atoms with Crippen LogP contribution < -0.4 is 10.2 Å². The first-order valence-electron chi connectivity index (χ1n) is 11.9. The van der Waals surface area contributed by atoms with Crippen molar-refractivity contribution in [3.63, 3.8) is 0 Å². The summed E-state index contributed by atoms with van der Waals surface area (Å²) >= 11 is 0. The Bertz CT molecular complexity index is 934. The van der Waals surface area contributed by atoms with E-state index in [1.54, 1.807) is 12.1 Å². The topological polar surface area (TPSA) is 72.9 Å². The second-order valence-corrected chi connectivity index (χ2v) is 10.1. The van der Waals surface area contributed by atoms with E-state index in [4.69, 9.17) is 0 Å². The third-order valence-electron chi connectivity index (χ3n) is 8.09. The summed E-state index contributed by atoms with van der Waals surface area (Å²) in [5.74, 6) is -1.15. The van der Waals surface area contributed by atoms with Crippen molar-refractivity contribution < 1.29 is 19.1 Å². The maximum Gasteiger partial charge on any atom is 0.333 e. The first-order chi connectivity index (χ1) is 15.4. The average molecular weight is 442 g/mol. The molecular formula is C25H32FN3O3. The number of nitrogens with zero attached hydrogens (tertiary/aromatic N) is 2. The maximum absolute atomic E-state index is 13.5. The van der Waals surface area contributed by atoms with Crippen LogP contribution in [0.3, 0.4) is 0 Å². The van der Waals surface area contributed by atoms with Crippen LogP contribution in [-0.2, 0) is 9.59 Å². The minimum Gasteiger partial charge on any atom is -0.478 e. The van der Waals surface area contributed by atoms with Gasteiger partial charge in [0.1, 0.15) is 5.82 Å². The van der Waals surface area contributed by atoms with Gasteiger partial charge in [-0.1, -0.05) is 6.07 Å². The fourth-order valence-electron chi connectivity index (χ4n) is 5.85. The van der Waals surface area contributed by atoms with E-state index in [-0.39, 0.29) is 23.1 Å². The normalized spacial score (nSPS) is 27.6. The summed E-state index contributed by atoms with van der Waals surface area (Å²) in [4.78, 5) is 29.4. The highest BCUT2D eigenvalue weighted by molar-refractivity contribution is 5.90. The highest BCUT2D eigenvalue weighted by Crippen LogP contribution is 2.57. The lowest BCUT2D eigenvalue weighted by Gasteiger charge is -2.39. The van der Waals surface area contributed by atoms with E-state index in [1.165, 1.54) is 6.07 Å². The van der Waals surface area contributed by atoms with Gasteiger partial charge in [-0.15, -0.1) is 0 Å². The smallest absolute Gasteiger partial charge is 0.333 e. The Morgan fingerprint density at radius 1 is 1.09 bits per heavy atom. The molecule has 1 spiro atoms. The summed E-state index contributed by atoms with van der Waals surface area (Å²) in [6.07, 6.45) is 7.15. The number of halogens is 1. The van der Waals surface area contributed by atoms with E-state index in [9.17, 15) is 19.1 Å². The summed E-state index contributed by atoms with van der Waals surface area (Å²) in [5, 5.41) is 12.7. The molecule has 32 heavy (non-hydrogen) atoms. The Kier molecular flexibility index (Phi) is 5.70. The zero-order valence-corrected chi connectivity index (χ0v) is 18.5. The van der Waals surface area contributed by atoms with Crippen molar-refractivity contribution in [2.24, 2.45) is 11.3 Å². The molecule has 1 aromatic carbocycles. The van der Waals surface area contributed by atoms with Gasteiger partial charge >= 0.3 is 5.97 Å². The third-order valence-corrected chi connectivity index (χ3v) is 8.09. The number of carbonyl (C=O) groups excluding carboxylic acids is 1. The van der Waals surface area contributed by atoms with Crippen molar-refractivity contribution in [2.45, 2.75) is 57.4 Å². The summed E-state index contributed by atoms with van der Waals surface area (Å²) in [7, 11) is 0. The van der Waals surface area contributed by atoms with Crippen LogP contribution >= 0.6 is 0 Å². The van der Waals surface area contributed by atoms with Gasteiger partial charge in [0.2, 0.25) is 5.91 Å². The Hall–Kier alpha value is -2.41. The number of aliphatic carboxylic acids is 1. The van der Waals surface area contributed by atoms with Crippen LogP contribution in [0, 0.1) is 17.2 Å². The predicted molar refractivity (Wildman–Crippen MR) is 120 cm³/mol. The largest absolute Gasteiger partial charge is 0.478 e. The molecule has 7 heteroatoms. The van der Waals surface area contributed by atoms with Crippen molar-refractivity contribution in [1.29, 1.82) is 0 Å². The number of rotatable bonds is 5. The second kappa shape index (κ2) is 8.50. The number of benzene rings is 1. The molecule has 1 aliphatic heterocycles. The summed E-state index contributed by atoms with van der Waals surface area (Å²) < 4.78 is 13.5. The first kappa shape index (κ1) is 21.4. The molecule has 1 heterocycles. The molecule has 1 saturated heterocycles. The number of piperazine rings is 1. The van der Waals surface area contributed by atoms with Gasteiger partial charge < -0.3 is 15.3 Å². The van der Waals surface area contributed by atoms with Crippen LogP contribution in [0.5, 0.6) is 0 Å². The fourth-order valence-corrected chi connectivity index (χ4v) is 5.85. The Balaban J connectivity index is 1.15. The fraction of sp³-hybridized carbons (Fsp3) is 0.600. The zero-order valence-electron chi connectivity index (χ0n) is 18.5. The molecule has 0 radical (unpaired) electrons. The number of nitrogens with one attached hydrogen (secondary N) is 1. The van der Waals surface area contributed by atoms with Crippen LogP contribution in [0.25, 0.3) is 0 Å². The molecule has 0 aromatic heterocycles. The Labute approximate surface area is 188 Å². The number of anilines is 1. The van der Waals surface area contributed by atoms with E-state index in [0.29, 0.717) is 30.2 Å². The maximum atomic E-state index is 13.5. The van der Waals surface area contributed by atoms with Crippen LogP contribution in [0.4, 0.5) is 10.1 Å². The van der Waals surface area contributed by atoms with Gasteiger partial charge in [-0.05, 0) is 75.0 Å². The van der Waals surface area contributed by atoms with E-state index >= 15 is 0 Å². The standard InChI is InChI=1S/C25H32FN3O3/c26-18-2-1-3-19(15-18)28-10-12-29(13-11-28)20-5-4-17(14-20)23(30)27-22-6-7-25(8-9-25)16-21(22)24(31)32/h1-3,15,17,20H,4-14,16H2,(H,27,30)(H,31,32)/t17-,20+/m0/s1. The van der Waals surface area contributed by atoms with Gasteiger partial charge in [0, 0.05) is 49.5 Å². The third kappa shape index (κ3) is 4.40. The molecule has 1 amide bonds. The number of hydrogen-bond donors (Lipinski definition) is 2. The lowest BCUT2D eigenvalue weighted by molar-refractivity contribution is -0.133. The van der Waals surface area contributed by atoms with Crippen LogP contribution in [0.15, 0.2) is 35.5 Å². The summed E-state index contributed by atoms with van der Waals surface area (Å²) in [6, 6.07) is 7.14. The average Bonchev–Trinajstić information content (AvgIpc) is 3.35. The van der Waals surface area contributed by atoms with E-state index < -0.39 is 5.97 Å². The summed E-state index contributed by atoms with van der Waals surface area (Å²) in [6.45, 7) is 3.53. The number of carboxylic acid groups (broad SMARTS) is 1. The molecule has 3 fully saturated rings. The van der Waals surface area contributed by atoms with Gasteiger partial charge in [0.05, 0.1) is 5.57 Å². The molecule has 172 valence electrons. The molecular weight excluding hydrogens is 409 g/mol. The van der Waals surface area contributed by atoms with Crippen LogP contribution in [0.2, 0.25) is 0 Å². The second-order valence-electron chi connectivity index (χ2n) is 10.1. The van der Waals surface area contributed by atoms with E-state index in [0.717, 1.165) is 70.4 Å². The minimum atomic E-state index is -0.883. The van der Waals surface area contributed by atoms with Gasteiger partial charge in [-0.3, -0.25) is 9.69 Å². The number of carboxylic acids is 1. The molecule has 2 N–H and O–H groups in total. The SMILES string of the molecule is O=C(O)C1=C(NC(=O)[C@H]2CC[C@@H](N3CCN(c4cccc(F)c4)CC3)C2)CCC2(CC2)C1. The molecule has 6 nitrogen and oxygen atoms in total. The number of allylic oxidation sites excluding steroid dienone is 1. The molecule has 2 atom stereocenters. The van der Waals surface area contributed by atoms with Gasteiger partial charge in [-0.2, -0.15) is 0 Å². The van der Waals surface area contributed by atoms with Gasteiger partial charge in [0.25, 0.3) is 0 Å². The lowest BCUT2D eigenvalue weighted by Crippen LogP contribution is -2.50. The summed E-state index contributed by atoms with van der Waals surface area (Å²) in [5.41, 5.74) is 2.20. The Morgan fingerprint density at radius 3 is 2.56 bits per heavy atom. The minimum absolute atomic E-state index is 0.00797. The molecule has 4 aliphatic rings. The molecule has 1 aromatic rings. The van der Waals surface area contributed by atoms with Crippen molar-refractivity contribution in [1.82, 2.24) is 10.2 Å². The quantitative estimate of drug-likeness (QED) is 0.731. The molecule has 0 bridgehead atoms. The Morgan fingerprint density at radius 2 is 1.88 bits per heavy atom. The van der Waals surface area contributed by atoms with Gasteiger partial charge in [0.15, 0.2) is 0 Å². The highest BCUT2D eigenvalue weighted by atomic mass is 19.1. The lowest BCUT2D eigenvalue weighted by atomic mass is 9.84. The monoisotopic (exact) mass is 441 g/mol. The number of hydrogen-bond acceptors (Lipinski definition) is 4. The van der Waals surface area contributed by atoms with E-state index in [1.807, 2.05) is 6.07 Å². The van der Waals surface area contributed by atoms with Gasteiger partial charge in [-0.25, -0.2) is 9.18 Å². The molecule has 0 unspecified atom stereocenters. The molecule has 5 rings (SSSR count). The van der Waals surface area contributed by atoms with Crippen molar-refractivity contribution in [3.05, 3.63) is 41.4 Å². The van der Waals surface area contributed by atoms with E-state index in [2.05, 4.69) is 15.1 Å². The van der Waals surface area contributed by atoms with Crippen molar-refractivity contribution in [2.75, 3.05) is 31.1 Å². The highest BCUT2D eigenvalue weighted by Gasteiger charge is 2.47. The van der Waals surface area contributed by atoms with Crippen LogP contribution in [0.1, 0.15) is 51.4 Å². The molecule has 3 aliphatic carbocycles. The van der Waals surface area contributed by atoms with Crippen LogP contribution in [-0.4, -0.2) is 54.1 Å². The van der Waals surface area contributed by atoms with Crippen molar-refractivity contribution in [3.8, 4) is 0 Å². The first-order valence-corrected chi connectivity index (χ1v) is 11.9. The number of amides is 1. The zero-order chi connectivity index (χ0) is 22.3. The number of carbonyl (C=O) groups is 2.